The number of nitrogens with zero attached hydrogens (tertiary/aromatic N) is 2. The van der Waals surface area contributed by atoms with E-state index in [9.17, 15) is 0 Å². The third-order valence-corrected chi connectivity index (χ3v) is 7.73. The van der Waals surface area contributed by atoms with Crippen LogP contribution in [-0.2, 0) is 11.2 Å². The highest BCUT2D eigenvalue weighted by atomic mass is 16.5. The molecule has 0 radical (unpaired) electrons. The van der Waals surface area contributed by atoms with E-state index in [4.69, 9.17) is 14.7 Å². The Labute approximate surface area is 231 Å². The van der Waals surface area contributed by atoms with Crippen LogP contribution in [-0.4, -0.2) is 18.2 Å². The van der Waals surface area contributed by atoms with Crippen molar-refractivity contribution in [2.24, 2.45) is 9.98 Å². The smallest absolute Gasteiger partial charge is 0.219 e. The van der Waals surface area contributed by atoms with Crippen LogP contribution in [0.5, 0.6) is 0 Å². The molecule has 6 rings (SSSR count). The SMILES string of the molecule is CC(C)c1cccc(C(C)C)c1N=Cc1ccccc1Nc1ccccc1C1=NC2c3ccccc3C[C@H]2O1. The Morgan fingerprint density at radius 2 is 1.46 bits per heavy atom. The minimum Gasteiger partial charge on any atom is -0.471 e. The van der Waals surface area contributed by atoms with Crippen molar-refractivity contribution in [3.63, 3.8) is 0 Å². The molecule has 0 bridgehead atoms. The van der Waals surface area contributed by atoms with E-state index < -0.39 is 0 Å². The number of anilines is 2. The van der Waals surface area contributed by atoms with Gasteiger partial charge in [0.15, 0.2) is 0 Å². The maximum atomic E-state index is 6.42. The molecule has 1 N–H and O–H groups in total. The molecular formula is C35H35N3O. The predicted molar refractivity (Wildman–Crippen MR) is 162 cm³/mol. The zero-order valence-corrected chi connectivity index (χ0v) is 23.1. The minimum atomic E-state index is 0.0693. The number of nitrogens with one attached hydrogen (secondary N) is 1. The molecule has 4 heteroatoms. The first-order valence-corrected chi connectivity index (χ1v) is 13.9. The van der Waals surface area contributed by atoms with E-state index in [0.29, 0.717) is 17.7 Å². The maximum absolute atomic E-state index is 6.42. The van der Waals surface area contributed by atoms with Gasteiger partial charge in [-0.2, -0.15) is 0 Å². The standard InChI is InChI=1S/C35H35N3O/c1-22(2)26-16-11-17-27(23(3)4)33(26)36-21-25-13-6-9-18-30(25)37-31-19-10-8-15-29(31)35-38-34-28-14-7-5-12-24(28)20-32(34)39-35/h5-19,21-23,32,34,37H,20H2,1-4H3/t32-,34?/m1/s1. The van der Waals surface area contributed by atoms with Gasteiger partial charge in [-0.05, 0) is 52.3 Å². The second-order valence-corrected chi connectivity index (χ2v) is 11.0. The van der Waals surface area contributed by atoms with Gasteiger partial charge in [0.05, 0.1) is 16.9 Å². The van der Waals surface area contributed by atoms with E-state index in [-0.39, 0.29) is 12.1 Å². The van der Waals surface area contributed by atoms with Crippen LogP contribution in [0.4, 0.5) is 17.1 Å². The summed E-state index contributed by atoms with van der Waals surface area (Å²) >= 11 is 0. The molecule has 196 valence electrons. The molecule has 0 saturated carbocycles. The average molecular weight is 514 g/mol. The number of hydrogen-bond acceptors (Lipinski definition) is 4. The van der Waals surface area contributed by atoms with Crippen molar-refractivity contribution in [3.05, 3.63) is 124 Å². The topological polar surface area (TPSA) is 46.0 Å². The monoisotopic (exact) mass is 513 g/mol. The van der Waals surface area contributed by atoms with E-state index >= 15 is 0 Å². The molecule has 0 aromatic heterocycles. The molecule has 1 aliphatic heterocycles. The van der Waals surface area contributed by atoms with Gasteiger partial charge in [0, 0.05) is 23.9 Å². The van der Waals surface area contributed by atoms with Crippen molar-refractivity contribution in [1.82, 2.24) is 0 Å². The van der Waals surface area contributed by atoms with Gasteiger partial charge >= 0.3 is 0 Å². The zero-order chi connectivity index (χ0) is 26.9. The molecule has 1 unspecified atom stereocenters. The van der Waals surface area contributed by atoms with Crippen LogP contribution in [0.1, 0.15) is 79.0 Å². The Hall–Kier alpha value is -4.18. The summed E-state index contributed by atoms with van der Waals surface area (Å²) in [7, 11) is 0. The van der Waals surface area contributed by atoms with Crippen molar-refractivity contribution in [1.29, 1.82) is 0 Å². The second-order valence-electron chi connectivity index (χ2n) is 11.0. The number of para-hydroxylation sites is 3. The quantitative estimate of drug-likeness (QED) is 0.251. The fraction of sp³-hybridized carbons (Fsp3) is 0.257. The summed E-state index contributed by atoms with van der Waals surface area (Å²) in [4.78, 5) is 10.1. The Bertz CT molecular complexity index is 1540. The van der Waals surface area contributed by atoms with Crippen LogP contribution < -0.4 is 5.32 Å². The highest BCUT2D eigenvalue weighted by Gasteiger charge is 2.39. The minimum absolute atomic E-state index is 0.0693. The largest absolute Gasteiger partial charge is 0.471 e. The third-order valence-electron chi connectivity index (χ3n) is 7.73. The average Bonchev–Trinajstić information content (AvgIpc) is 3.51. The molecule has 0 saturated heterocycles. The highest BCUT2D eigenvalue weighted by molar-refractivity contribution is 6.02. The Morgan fingerprint density at radius 3 is 2.23 bits per heavy atom. The van der Waals surface area contributed by atoms with Gasteiger partial charge in [-0.3, -0.25) is 4.99 Å². The molecule has 1 heterocycles. The van der Waals surface area contributed by atoms with Crippen molar-refractivity contribution < 1.29 is 4.74 Å². The van der Waals surface area contributed by atoms with Crippen molar-refractivity contribution >= 4 is 29.2 Å². The summed E-state index contributed by atoms with van der Waals surface area (Å²) in [6.07, 6.45) is 2.96. The zero-order valence-electron chi connectivity index (χ0n) is 23.1. The van der Waals surface area contributed by atoms with E-state index in [0.717, 1.165) is 34.6 Å². The number of aliphatic imine (C=N–C) groups is 2. The van der Waals surface area contributed by atoms with Crippen LogP contribution in [0.2, 0.25) is 0 Å². The lowest BCUT2D eigenvalue weighted by molar-refractivity contribution is 0.206. The summed E-state index contributed by atoms with van der Waals surface area (Å²) in [5.74, 6) is 1.51. The van der Waals surface area contributed by atoms with E-state index in [1.807, 2.05) is 18.3 Å². The Morgan fingerprint density at radius 1 is 0.795 bits per heavy atom. The first kappa shape index (κ1) is 25.1. The van der Waals surface area contributed by atoms with Gasteiger partial charge in [-0.25, -0.2) is 4.99 Å². The predicted octanol–water partition coefficient (Wildman–Crippen LogP) is 8.87. The number of fused-ring (bicyclic) bond motifs is 3. The van der Waals surface area contributed by atoms with E-state index in [1.54, 1.807) is 0 Å². The molecular weight excluding hydrogens is 478 g/mol. The summed E-state index contributed by atoms with van der Waals surface area (Å²) in [5.41, 5.74) is 10.2. The molecule has 0 fully saturated rings. The Kier molecular flexibility index (Phi) is 6.78. The van der Waals surface area contributed by atoms with Gasteiger partial charge in [-0.15, -0.1) is 0 Å². The third kappa shape index (κ3) is 4.87. The highest BCUT2D eigenvalue weighted by Crippen LogP contribution is 2.41. The second kappa shape index (κ2) is 10.5. The summed E-state index contributed by atoms with van der Waals surface area (Å²) in [6.45, 7) is 8.91. The van der Waals surface area contributed by atoms with Crippen molar-refractivity contribution in [3.8, 4) is 0 Å². The first-order chi connectivity index (χ1) is 19.0. The summed E-state index contributed by atoms with van der Waals surface area (Å²) < 4.78 is 6.42. The molecule has 4 aromatic carbocycles. The van der Waals surface area contributed by atoms with E-state index in [1.165, 1.54) is 22.3 Å². The van der Waals surface area contributed by atoms with Crippen LogP contribution in [0.25, 0.3) is 0 Å². The molecule has 0 spiro atoms. The van der Waals surface area contributed by atoms with Gasteiger partial charge in [0.25, 0.3) is 0 Å². The lowest BCUT2D eigenvalue weighted by Gasteiger charge is -2.17. The molecule has 2 atom stereocenters. The molecule has 4 aromatic rings. The van der Waals surface area contributed by atoms with Crippen molar-refractivity contribution in [2.75, 3.05) is 5.32 Å². The lowest BCUT2D eigenvalue weighted by atomic mass is 9.93. The van der Waals surface area contributed by atoms with Gasteiger partial charge in [0.1, 0.15) is 12.1 Å². The van der Waals surface area contributed by atoms with Gasteiger partial charge in [-0.1, -0.05) is 100 Å². The summed E-state index contributed by atoms with van der Waals surface area (Å²) in [6, 6.07) is 31.7. The molecule has 39 heavy (non-hydrogen) atoms. The first-order valence-electron chi connectivity index (χ1n) is 13.9. The number of benzene rings is 4. The van der Waals surface area contributed by atoms with Crippen LogP contribution in [0, 0.1) is 0 Å². The molecule has 4 nitrogen and oxygen atoms in total. The fourth-order valence-electron chi connectivity index (χ4n) is 5.67. The molecule has 0 amide bonds. The van der Waals surface area contributed by atoms with Crippen molar-refractivity contribution in [2.45, 2.75) is 58.1 Å². The fourth-order valence-corrected chi connectivity index (χ4v) is 5.67. The number of hydrogen-bond donors (Lipinski definition) is 1. The lowest BCUT2D eigenvalue weighted by Crippen LogP contribution is -2.14. The Balaban J connectivity index is 1.31. The number of rotatable bonds is 7. The molecule has 1 aliphatic carbocycles. The van der Waals surface area contributed by atoms with Crippen LogP contribution in [0.3, 0.4) is 0 Å². The normalized spacial score (nSPS) is 17.8. The molecule has 2 aliphatic rings. The summed E-state index contributed by atoms with van der Waals surface area (Å²) in [5, 5.41) is 3.66. The van der Waals surface area contributed by atoms with E-state index in [2.05, 4.69) is 112 Å². The number of ether oxygens (including phenoxy) is 1. The van der Waals surface area contributed by atoms with Gasteiger partial charge < -0.3 is 10.1 Å². The van der Waals surface area contributed by atoms with Gasteiger partial charge in [0.2, 0.25) is 5.90 Å². The van der Waals surface area contributed by atoms with Crippen LogP contribution >= 0.6 is 0 Å². The van der Waals surface area contributed by atoms with Crippen LogP contribution in [0.15, 0.2) is 101 Å². The maximum Gasteiger partial charge on any atom is 0.219 e.